The smallest absolute Gasteiger partial charge is 0.394 e. The third kappa shape index (κ3) is 36.9. The van der Waals surface area contributed by atoms with Crippen LogP contribution in [0.5, 0.6) is 0 Å². The molecule has 0 heterocycles. The largest absolute Gasteiger partial charge is 0.466 e. The van der Waals surface area contributed by atoms with Gasteiger partial charge in [0.2, 0.25) is 0 Å². The van der Waals surface area contributed by atoms with E-state index < -0.39 is 10.4 Å². The number of hydrogen-bond donors (Lipinski definition) is 2. The predicted octanol–water partition coefficient (Wildman–Crippen LogP) is 6.16. The van der Waals surface area contributed by atoms with E-state index in [1.807, 2.05) is 0 Å². The summed E-state index contributed by atoms with van der Waals surface area (Å²) in [5.74, 6) is -0.00322. The number of ether oxygens (including phenoxy) is 1. The van der Waals surface area contributed by atoms with Crippen LogP contribution in [0, 0.1) is 0 Å². The fraction of sp³-hybridized carbons (Fsp3) is 0.950. The van der Waals surface area contributed by atoms with Crippen LogP contribution in [0.2, 0.25) is 0 Å². The molecule has 0 saturated heterocycles. The van der Waals surface area contributed by atoms with Crippen LogP contribution in [0.4, 0.5) is 0 Å². The van der Waals surface area contributed by atoms with E-state index in [2.05, 4.69) is 13.8 Å². The lowest BCUT2D eigenvalue weighted by Gasteiger charge is -2.04. The number of carbonyl (C=O) groups excluding carboxylic acids is 1. The Balaban J connectivity index is 0. The van der Waals surface area contributed by atoms with Crippen molar-refractivity contribution in [2.45, 2.75) is 117 Å². The van der Waals surface area contributed by atoms with Crippen molar-refractivity contribution in [3.05, 3.63) is 0 Å². The molecule has 0 saturated carbocycles. The van der Waals surface area contributed by atoms with E-state index in [1.54, 1.807) is 0 Å². The Morgan fingerprint density at radius 1 is 0.667 bits per heavy atom. The maximum Gasteiger partial charge on any atom is 0.394 e. The summed E-state index contributed by atoms with van der Waals surface area (Å²) in [5, 5.41) is 0. The number of carbonyl (C=O) groups is 1. The second-order valence-electron chi connectivity index (χ2n) is 7.01. The molecule has 0 rings (SSSR count). The van der Waals surface area contributed by atoms with Crippen molar-refractivity contribution >= 4 is 16.4 Å². The number of unbranched alkanes of at least 4 members (excludes halogenated alkanes) is 13. The van der Waals surface area contributed by atoms with Crippen molar-refractivity contribution < 1.29 is 27.1 Å². The zero-order valence-electron chi connectivity index (χ0n) is 17.5. The van der Waals surface area contributed by atoms with E-state index in [-0.39, 0.29) is 5.97 Å². The van der Waals surface area contributed by atoms with Crippen LogP contribution < -0.4 is 0 Å². The summed E-state index contributed by atoms with van der Waals surface area (Å²) in [6, 6.07) is 0. The summed E-state index contributed by atoms with van der Waals surface area (Å²) < 4.78 is 36.7. The van der Waals surface area contributed by atoms with Crippen molar-refractivity contribution in [2.75, 3.05) is 6.61 Å². The summed E-state index contributed by atoms with van der Waals surface area (Å²) in [4.78, 5) is 11.4. The van der Waals surface area contributed by atoms with Crippen LogP contribution >= 0.6 is 0 Å². The van der Waals surface area contributed by atoms with Crippen molar-refractivity contribution in [3.63, 3.8) is 0 Å². The van der Waals surface area contributed by atoms with Gasteiger partial charge in [-0.05, 0) is 12.8 Å². The maximum absolute atomic E-state index is 11.4. The molecule has 2 N–H and O–H groups in total. The first-order chi connectivity index (χ1) is 12.8. The number of hydrogen-bond acceptors (Lipinski definition) is 4. The molecule has 0 aromatic carbocycles. The monoisotopic (exact) mass is 410 g/mol. The van der Waals surface area contributed by atoms with Crippen LogP contribution in [0.3, 0.4) is 0 Å². The highest BCUT2D eigenvalue weighted by molar-refractivity contribution is 7.79. The van der Waals surface area contributed by atoms with Gasteiger partial charge in [0.15, 0.2) is 0 Å². The van der Waals surface area contributed by atoms with Gasteiger partial charge in [0, 0.05) is 6.42 Å². The Kier molecular flexibility index (Phi) is 22.9. The quantitative estimate of drug-likeness (QED) is 0.169. The van der Waals surface area contributed by atoms with Crippen LogP contribution in [0.25, 0.3) is 0 Å². The number of rotatable bonds is 17. The Morgan fingerprint density at radius 2 is 1.00 bits per heavy atom. The molecule has 0 amide bonds. The summed E-state index contributed by atoms with van der Waals surface area (Å²) >= 11 is 0. The minimum absolute atomic E-state index is 0.00322. The molecule has 0 unspecified atom stereocenters. The Hall–Kier alpha value is -0.660. The zero-order valence-corrected chi connectivity index (χ0v) is 18.3. The molecule has 0 aliphatic heterocycles. The molecule has 0 fully saturated rings. The fourth-order valence-corrected chi connectivity index (χ4v) is 2.69. The summed E-state index contributed by atoms with van der Waals surface area (Å²) in [6.07, 6.45) is 20.1. The molecule has 0 aliphatic carbocycles. The maximum atomic E-state index is 11.4. The molecular weight excluding hydrogens is 368 g/mol. The molecule has 6 nitrogen and oxygen atoms in total. The molecule has 0 aliphatic rings. The Morgan fingerprint density at radius 3 is 1.37 bits per heavy atom. The first-order valence-electron chi connectivity index (χ1n) is 10.7. The average Bonchev–Trinajstić information content (AvgIpc) is 2.58. The lowest BCUT2D eigenvalue weighted by atomic mass is 10.0. The van der Waals surface area contributed by atoms with Gasteiger partial charge < -0.3 is 4.74 Å². The highest BCUT2D eigenvalue weighted by atomic mass is 32.3. The Bertz CT molecular complexity index is 401. The van der Waals surface area contributed by atoms with E-state index in [0.29, 0.717) is 13.0 Å². The zero-order chi connectivity index (χ0) is 20.8. The highest BCUT2D eigenvalue weighted by Crippen LogP contribution is 2.13. The molecular formula is C20H42O6S. The van der Waals surface area contributed by atoms with E-state index >= 15 is 0 Å². The third-order valence-corrected chi connectivity index (χ3v) is 4.25. The normalized spacial score (nSPS) is 11.0. The second-order valence-corrected chi connectivity index (χ2v) is 7.91. The van der Waals surface area contributed by atoms with Gasteiger partial charge in [-0.15, -0.1) is 0 Å². The van der Waals surface area contributed by atoms with Crippen LogP contribution in [0.15, 0.2) is 0 Å². The van der Waals surface area contributed by atoms with Crippen molar-refractivity contribution in [3.8, 4) is 0 Å². The lowest BCUT2D eigenvalue weighted by Crippen LogP contribution is -2.05. The van der Waals surface area contributed by atoms with Gasteiger partial charge >= 0.3 is 16.4 Å². The van der Waals surface area contributed by atoms with E-state index in [9.17, 15) is 4.79 Å². The topological polar surface area (TPSA) is 101 Å². The van der Waals surface area contributed by atoms with Crippen molar-refractivity contribution in [1.29, 1.82) is 0 Å². The molecule has 0 spiro atoms. The first-order valence-corrected chi connectivity index (χ1v) is 12.1. The third-order valence-electron chi connectivity index (χ3n) is 4.25. The van der Waals surface area contributed by atoms with E-state index in [4.69, 9.17) is 22.3 Å². The summed E-state index contributed by atoms with van der Waals surface area (Å²) in [7, 11) is -4.67. The first kappa shape index (κ1) is 28.5. The standard InChI is InChI=1S/C20H40O2.H2O4S/c1-3-5-7-8-9-10-11-12-13-14-15-16-17-18-20(21)22-19-6-4-2;1-5(2,3)4/h3-19H2,1-2H3;(H2,1,2,3,4). The van der Waals surface area contributed by atoms with E-state index in [0.717, 1.165) is 19.3 Å². The highest BCUT2D eigenvalue weighted by Gasteiger charge is 2.01. The SMILES string of the molecule is CCCCCCCCCCCCCCCC(=O)OCCCC.O=S(=O)(O)O. The van der Waals surface area contributed by atoms with Gasteiger partial charge in [-0.2, -0.15) is 8.42 Å². The van der Waals surface area contributed by atoms with Crippen molar-refractivity contribution in [1.82, 2.24) is 0 Å². The molecule has 0 atom stereocenters. The number of esters is 1. The summed E-state index contributed by atoms with van der Waals surface area (Å²) in [5.41, 5.74) is 0. The second kappa shape index (κ2) is 21.6. The Labute approximate surface area is 167 Å². The van der Waals surface area contributed by atoms with Crippen molar-refractivity contribution in [2.24, 2.45) is 0 Å². The predicted molar refractivity (Wildman–Crippen MR) is 110 cm³/mol. The minimum atomic E-state index is -4.67. The summed E-state index contributed by atoms with van der Waals surface area (Å²) in [6.45, 7) is 4.99. The van der Waals surface area contributed by atoms with Gasteiger partial charge in [0.05, 0.1) is 6.61 Å². The molecule has 0 aromatic rings. The molecule has 0 radical (unpaired) electrons. The van der Waals surface area contributed by atoms with Gasteiger partial charge in [-0.25, -0.2) is 0 Å². The molecule has 7 heteroatoms. The van der Waals surface area contributed by atoms with Gasteiger partial charge in [0.25, 0.3) is 0 Å². The van der Waals surface area contributed by atoms with Crippen LogP contribution in [-0.4, -0.2) is 30.1 Å². The molecule has 164 valence electrons. The van der Waals surface area contributed by atoms with E-state index in [1.165, 1.54) is 77.0 Å². The van der Waals surface area contributed by atoms with Gasteiger partial charge in [-0.3, -0.25) is 13.9 Å². The van der Waals surface area contributed by atoms with Crippen LogP contribution in [-0.2, 0) is 19.9 Å². The fourth-order valence-electron chi connectivity index (χ4n) is 2.69. The lowest BCUT2D eigenvalue weighted by molar-refractivity contribution is -0.143. The van der Waals surface area contributed by atoms with Crippen LogP contribution in [0.1, 0.15) is 117 Å². The average molecular weight is 411 g/mol. The van der Waals surface area contributed by atoms with Gasteiger partial charge in [0.1, 0.15) is 0 Å². The molecule has 0 aromatic heterocycles. The molecule has 27 heavy (non-hydrogen) atoms. The molecule has 0 bridgehead atoms. The van der Waals surface area contributed by atoms with Gasteiger partial charge in [-0.1, -0.05) is 97.3 Å². The minimum Gasteiger partial charge on any atom is -0.466 e.